The second-order valence-corrected chi connectivity index (χ2v) is 7.03. The number of nitrogens with one attached hydrogen (secondary N) is 1. The van der Waals surface area contributed by atoms with Crippen molar-refractivity contribution in [2.24, 2.45) is 5.92 Å². The average Bonchev–Trinajstić information content (AvgIpc) is 2.27. The average molecular weight is 378 g/mol. The Balaban J connectivity index is 1.98. The van der Waals surface area contributed by atoms with Gasteiger partial charge in [0.05, 0.1) is 10.1 Å². The van der Waals surface area contributed by atoms with Gasteiger partial charge in [-0.1, -0.05) is 19.8 Å². The highest BCUT2D eigenvalue weighted by Crippen LogP contribution is 2.33. The summed E-state index contributed by atoms with van der Waals surface area (Å²) in [6.07, 6.45) is 5.82. The van der Waals surface area contributed by atoms with E-state index >= 15 is 0 Å². The molecule has 2 N–H and O–H groups in total. The quantitative estimate of drug-likeness (QED) is 0.837. The Labute approximate surface area is 125 Å². The second kappa shape index (κ2) is 5.88. The summed E-state index contributed by atoms with van der Waals surface area (Å²) in [6.45, 7) is 2.77. The highest BCUT2D eigenvalue weighted by Gasteiger charge is 2.32. The Morgan fingerprint density at radius 2 is 2.33 bits per heavy atom. The Bertz CT molecular complexity index is 427. The van der Waals surface area contributed by atoms with Crippen LogP contribution in [0.1, 0.15) is 32.6 Å². The van der Waals surface area contributed by atoms with Crippen molar-refractivity contribution in [2.75, 3.05) is 11.9 Å². The van der Waals surface area contributed by atoms with Gasteiger partial charge in [0, 0.05) is 17.2 Å². The van der Waals surface area contributed by atoms with Crippen molar-refractivity contribution in [1.29, 1.82) is 0 Å². The number of aliphatic hydroxyl groups is 1. The van der Waals surface area contributed by atoms with E-state index in [0.717, 1.165) is 34.0 Å². The van der Waals surface area contributed by atoms with Crippen LogP contribution in [-0.4, -0.2) is 22.2 Å². The molecule has 0 saturated heterocycles. The van der Waals surface area contributed by atoms with Crippen molar-refractivity contribution < 1.29 is 5.11 Å². The van der Waals surface area contributed by atoms with Gasteiger partial charge in [0.2, 0.25) is 0 Å². The van der Waals surface area contributed by atoms with E-state index in [9.17, 15) is 5.11 Å². The summed E-state index contributed by atoms with van der Waals surface area (Å²) in [5.74, 6) is 1.39. The molecule has 0 spiro atoms. The molecular weight excluding hydrogens is 360 g/mol. The maximum atomic E-state index is 10.5. The van der Waals surface area contributed by atoms with Crippen molar-refractivity contribution in [1.82, 2.24) is 4.98 Å². The number of hydrogen-bond acceptors (Lipinski definition) is 3. The molecular formula is C13H18Br2N2O. The van der Waals surface area contributed by atoms with Crippen LogP contribution in [0.2, 0.25) is 0 Å². The van der Waals surface area contributed by atoms with E-state index in [4.69, 9.17) is 0 Å². The van der Waals surface area contributed by atoms with E-state index in [1.165, 1.54) is 6.42 Å². The molecule has 100 valence electrons. The van der Waals surface area contributed by atoms with Gasteiger partial charge in [-0.2, -0.15) is 0 Å². The van der Waals surface area contributed by atoms with E-state index in [2.05, 4.69) is 49.1 Å². The molecule has 1 aromatic rings. The number of halogens is 2. The Morgan fingerprint density at radius 1 is 1.56 bits per heavy atom. The van der Waals surface area contributed by atoms with Gasteiger partial charge in [-0.3, -0.25) is 0 Å². The summed E-state index contributed by atoms with van der Waals surface area (Å²) >= 11 is 6.84. The third kappa shape index (κ3) is 3.68. The molecule has 0 aliphatic heterocycles. The number of nitrogens with zero attached hydrogens (tertiary/aromatic N) is 1. The molecule has 18 heavy (non-hydrogen) atoms. The molecule has 2 rings (SSSR count). The van der Waals surface area contributed by atoms with Gasteiger partial charge in [-0.15, -0.1) is 0 Å². The van der Waals surface area contributed by atoms with Gasteiger partial charge in [0.25, 0.3) is 0 Å². The van der Waals surface area contributed by atoms with Crippen molar-refractivity contribution in [3.05, 3.63) is 21.2 Å². The Hall–Kier alpha value is -0.130. The fraction of sp³-hybridized carbons (Fsp3) is 0.615. The molecule has 1 heterocycles. The van der Waals surface area contributed by atoms with Crippen LogP contribution >= 0.6 is 31.9 Å². The monoisotopic (exact) mass is 376 g/mol. The van der Waals surface area contributed by atoms with Crippen LogP contribution in [0, 0.1) is 5.92 Å². The summed E-state index contributed by atoms with van der Waals surface area (Å²) in [4.78, 5) is 4.30. The minimum atomic E-state index is -0.591. The zero-order chi connectivity index (χ0) is 13.2. The molecule has 1 saturated carbocycles. The van der Waals surface area contributed by atoms with Crippen LogP contribution < -0.4 is 5.32 Å². The maximum absolute atomic E-state index is 10.5. The standard InChI is InChI=1S/C13H18Br2N2O/c1-9-3-2-4-13(18,6-9)8-17-12-11(15)5-10(14)7-16-12/h5,7,9,18H,2-4,6,8H2,1H3,(H,16,17). The summed E-state index contributed by atoms with van der Waals surface area (Å²) in [5.41, 5.74) is -0.591. The fourth-order valence-corrected chi connectivity index (χ4v) is 3.71. The minimum Gasteiger partial charge on any atom is -0.388 e. The van der Waals surface area contributed by atoms with Crippen LogP contribution in [0.25, 0.3) is 0 Å². The summed E-state index contributed by atoms with van der Waals surface area (Å²) in [6, 6.07) is 1.95. The number of aromatic nitrogens is 1. The van der Waals surface area contributed by atoms with Crippen molar-refractivity contribution in [3.63, 3.8) is 0 Å². The summed E-state index contributed by atoms with van der Waals surface area (Å²) in [7, 11) is 0. The molecule has 1 aliphatic rings. The van der Waals surface area contributed by atoms with Gasteiger partial charge in [0.1, 0.15) is 5.82 Å². The van der Waals surface area contributed by atoms with Crippen LogP contribution in [0.15, 0.2) is 21.2 Å². The zero-order valence-electron chi connectivity index (χ0n) is 10.4. The number of anilines is 1. The summed E-state index contributed by atoms with van der Waals surface area (Å²) < 4.78 is 1.84. The van der Waals surface area contributed by atoms with Gasteiger partial charge in [-0.25, -0.2) is 4.98 Å². The van der Waals surface area contributed by atoms with Crippen molar-refractivity contribution in [3.8, 4) is 0 Å². The van der Waals surface area contributed by atoms with E-state index in [1.807, 2.05) is 6.07 Å². The molecule has 1 aliphatic carbocycles. The van der Waals surface area contributed by atoms with Crippen LogP contribution in [0.5, 0.6) is 0 Å². The topological polar surface area (TPSA) is 45.1 Å². The number of rotatable bonds is 3. The van der Waals surface area contributed by atoms with Crippen LogP contribution in [0.4, 0.5) is 5.82 Å². The Kier molecular flexibility index (Phi) is 4.67. The lowest BCUT2D eigenvalue weighted by Crippen LogP contribution is -2.41. The lowest BCUT2D eigenvalue weighted by Gasteiger charge is -2.35. The molecule has 5 heteroatoms. The molecule has 3 nitrogen and oxygen atoms in total. The Morgan fingerprint density at radius 3 is 3.00 bits per heavy atom. The highest BCUT2D eigenvalue weighted by atomic mass is 79.9. The largest absolute Gasteiger partial charge is 0.388 e. The van der Waals surface area contributed by atoms with Gasteiger partial charge in [-0.05, 0) is 56.7 Å². The lowest BCUT2D eigenvalue weighted by atomic mass is 9.79. The normalized spacial score (nSPS) is 28.1. The highest BCUT2D eigenvalue weighted by molar-refractivity contribution is 9.11. The molecule has 1 fully saturated rings. The van der Waals surface area contributed by atoms with Crippen molar-refractivity contribution >= 4 is 37.7 Å². The first kappa shape index (κ1) is 14.3. The molecule has 0 radical (unpaired) electrons. The zero-order valence-corrected chi connectivity index (χ0v) is 13.6. The predicted octanol–water partition coefficient (Wildman–Crippen LogP) is 3.96. The molecule has 0 amide bonds. The van der Waals surface area contributed by atoms with E-state index in [1.54, 1.807) is 6.20 Å². The summed E-state index contributed by atoms with van der Waals surface area (Å²) in [5, 5.41) is 13.8. The van der Waals surface area contributed by atoms with Crippen LogP contribution in [-0.2, 0) is 0 Å². The first-order valence-corrected chi connectivity index (χ1v) is 7.84. The van der Waals surface area contributed by atoms with Gasteiger partial charge >= 0.3 is 0 Å². The second-order valence-electron chi connectivity index (χ2n) is 5.26. The molecule has 2 unspecified atom stereocenters. The molecule has 0 aromatic carbocycles. The fourth-order valence-electron chi connectivity index (χ4n) is 2.59. The first-order chi connectivity index (χ1) is 8.48. The maximum Gasteiger partial charge on any atom is 0.140 e. The lowest BCUT2D eigenvalue weighted by molar-refractivity contribution is -0.000836. The SMILES string of the molecule is CC1CCCC(O)(CNc2ncc(Br)cc2Br)C1. The van der Waals surface area contributed by atoms with Gasteiger partial charge < -0.3 is 10.4 Å². The first-order valence-electron chi connectivity index (χ1n) is 6.26. The van der Waals surface area contributed by atoms with Crippen molar-refractivity contribution in [2.45, 2.75) is 38.2 Å². The number of hydrogen-bond donors (Lipinski definition) is 2. The number of pyridine rings is 1. The third-order valence-electron chi connectivity index (χ3n) is 3.46. The van der Waals surface area contributed by atoms with E-state index in [-0.39, 0.29) is 0 Å². The molecule has 1 aromatic heterocycles. The molecule has 0 bridgehead atoms. The molecule has 2 atom stereocenters. The minimum absolute atomic E-state index is 0.560. The van der Waals surface area contributed by atoms with E-state index in [0.29, 0.717) is 12.5 Å². The smallest absolute Gasteiger partial charge is 0.140 e. The van der Waals surface area contributed by atoms with E-state index < -0.39 is 5.60 Å². The predicted molar refractivity (Wildman–Crippen MR) is 80.7 cm³/mol. The van der Waals surface area contributed by atoms with Crippen LogP contribution in [0.3, 0.4) is 0 Å². The third-order valence-corrected chi connectivity index (χ3v) is 4.50. The van der Waals surface area contributed by atoms with Gasteiger partial charge in [0.15, 0.2) is 0 Å².